The van der Waals surface area contributed by atoms with Gasteiger partial charge in [0.15, 0.2) is 11.6 Å². The summed E-state index contributed by atoms with van der Waals surface area (Å²) in [6.45, 7) is 0.786. The molecular formula is C10H8N2O. The van der Waals surface area contributed by atoms with Gasteiger partial charge in [-0.3, -0.25) is 4.79 Å². The van der Waals surface area contributed by atoms with Crippen LogP contribution in [-0.4, -0.2) is 15.3 Å². The summed E-state index contributed by atoms with van der Waals surface area (Å²) >= 11 is 0. The molecule has 1 aliphatic heterocycles. The minimum Gasteiger partial charge on any atom is -0.321 e. The van der Waals surface area contributed by atoms with Crippen molar-refractivity contribution in [1.82, 2.24) is 9.55 Å². The minimum atomic E-state index is 0.163. The molecule has 0 fully saturated rings. The molecule has 2 heterocycles. The Bertz CT molecular complexity index is 499. The molecule has 0 radical (unpaired) electrons. The molecular weight excluding hydrogens is 164 g/mol. The van der Waals surface area contributed by atoms with Crippen LogP contribution < -0.4 is 0 Å². The van der Waals surface area contributed by atoms with E-state index in [1.54, 1.807) is 0 Å². The molecule has 1 aromatic carbocycles. The monoisotopic (exact) mass is 172 g/mol. The predicted molar refractivity (Wildman–Crippen MR) is 48.7 cm³/mol. The number of imidazole rings is 1. The summed E-state index contributed by atoms with van der Waals surface area (Å²) in [5, 5.41) is 0. The first-order chi connectivity index (χ1) is 6.36. The van der Waals surface area contributed by atoms with E-state index in [0.717, 1.165) is 17.6 Å². The fourth-order valence-electron chi connectivity index (χ4n) is 1.84. The van der Waals surface area contributed by atoms with Gasteiger partial charge in [-0.15, -0.1) is 0 Å². The Kier molecular flexibility index (Phi) is 1.15. The number of benzene rings is 1. The van der Waals surface area contributed by atoms with Gasteiger partial charge in [0.05, 0.1) is 11.0 Å². The third-order valence-electron chi connectivity index (χ3n) is 2.47. The van der Waals surface area contributed by atoms with Gasteiger partial charge in [-0.1, -0.05) is 12.1 Å². The Balaban J connectivity index is 2.44. The van der Waals surface area contributed by atoms with Crippen LogP contribution in [0.2, 0.25) is 0 Å². The Morgan fingerprint density at radius 2 is 2.15 bits per heavy atom. The molecule has 0 aliphatic carbocycles. The number of aromatic nitrogens is 2. The second kappa shape index (κ2) is 2.19. The molecule has 0 bridgehead atoms. The fraction of sp³-hybridized carbons (Fsp3) is 0.200. The molecule has 0 spiro atoms. The van der Waals surface area contributed by atoms with Crippen molar-refractivity contribution in [3.63, 3.8) is 0 Å². The fourth-order valence-corrected chi connectivity index (χ4v) is 1.84. The zero-order valence-corrected chi connectivity index (χ0v) is 7.03. The molecule has 3 rings (SSSR count). The van der Waals surface area contributed by atoms with Crippen molar-refractivity contribution >= 4 is 16.8 Å². The van der Waals surface area contributed by atoms with E-state index in [2.05, 4.69) is 4.98 Å². The smallest absolute Gasteiger partial charge is 0.200 e. The van der Waals surface area contributed by atoms with Gasteiger partial charge in [0.2, 0.25) is 0 Å². The maximum absolute atomic E-state index is 11.4. The van der Waals surface area contributed by atoms with Crippen LogP contribution in [0.5, 0.6) is 0 Å². The summed E-state index contributed by atoms with van der Waals surface area (Å²) in [6, 6.07) is 7.86. The average molecular weight is 172 g/mol. The molecule has 13 heavy (non-hydrogen) atoms. The van der Waals surface area contributed by atoms with E-state index in [0.29, 0.717) is 12.2 Å². The molecule has 1 aliphatic rings. The van der Waals surface area contributed by atoms with E-state index in [4.69, 9.17) is 0 Å². The number of fused-ring (bicyclic) bond motifs is 3. The van der Waals surface area contributed by atoms with E-state index >= 15 is 0 Å². The maximum atomic E-state index is 11.4. The average Bonchev–Trinajstić information content (AvgIpc) is 2.67. The lowest BCUT2D eigenvalue weighted by molar-refractivity contribution is 0.0990. The van der Waals surface area contributed by atoms with E-state index < -0.39 is 0 Å². The molecule has 3 nitrogen and oxygen atoms in total. The number of carbonyl (C=O) groups excluding carboxylic acids is 1. The summed E-state index contributed by atoms with van der Waals surface area (Å²) in [6.07, 6.45) is 0.604. The molecule has 0 unspecified atom stereocenters. The van der Waals surface area contributed by atoms with E-state index in [9.17, 15) is 4.79 Å². The molecule has 2 aromatic rings. The van der Waals surface area contributed by atoms with Crippen LogP contribution >= 0.6 is 0 Å². The normalized spacial score (nSPS) is 15.2. The lowest BCUT2D eigenvalue weighted by Gasteiger charge is -1.94. The summed E-state index contributed by atoms with van der Waals surface area (Å²) in [5.41, 5.74) is 1.99. The highest BCUT2D eigenvalue weighted by Gasteiger charge is 2.23. The van der Waals surface area contributed by atoms with Gasteiger partial charge in [-0.05, 0) is 12.1 Å². The standard InChI is InChI=1S/C10H8N2O/c13-9-5-6-12-8-4-2-1-3-7(8)11-10(9)12/h1-4H,5-6H2. The van der Waals surface area contributed by atoms with Crippen LogP contribution in [0.3, 0.4) is 0 Å². The number of rotatable bonds is 0. The Labute approximate surface area is 75.0 Å². The molecule has 0 saturated heterocycles. The maximum Gasteiger partial charge on any atom is 0.200 e. The Morgan fingerprint density at radius 1 is 1.31 bits per heavy atom. The highest BCUT2D eigenvalue weighted by Crippen LogP contribution is 2.21. The zero-order chi connectivity index (χ0) is 8.84. The molecule has 1 aromatic heterocycles. The third-order valence-corrected chi connectivity index (χ3v) is 2.47. The van der Waals surface area contributed by atoms with Gasteiger partial charge < -0.3 is 4.57 Å². The first-order valence-corrected chi connectivity index (χ1v) is 4.35. The lowest BCUT2D eigenvalue weighted by atomic mass is 10.3. The molecule has 0 saturated carbocycles. The quantitative estimate of drug-likeness (QED) is 0.605. The number of aryl methyl sites for hydroxylation is 1. The van der Waals surface area contributed by atoms with Crippen molar-refractivity contribution in [2.24, 2.45) is 0 Å². The first-order valence-electron chi connectivity index (χ1n) is 4.35. The van der Waals surface area contributed by atoms with Gasteiger partial charge >= 0.3 is 0 Å². The van der Waals surface area contributed by atoms with Crippen molar-refractivity contribution in [2.75, 3.05) is 0 Å². The van der Waals surface area contributed by atoms with Gasteiger partial charge in [-0.25, -0.2) is 4.98 Å². The minimum absolute atomic E-state index is 0.163. The Morgan fingerprint density at radius 3 is 3.08 bits per heavy atom. The van der Waals surface area contributed by atoms with Crippen molar-refractivity contribution < 1.29 is 4.79 Å². The zero-order valence-electron chi connectivity index (χ0n) is 7.03. The molecule has 0 amide bonds. The van der Waals surface area contributed by atoms with Gasteiger partial charge in [0.1, 0.15) is 0 Å². The van der Waals surface area contributed by atoms with E-state index in [1.165, 1.54) is 0 Å². The van der Waals surface area contributed by atoms with Crippen molar-refractivity contribution in [2.45, 2.75) is 13.0 Å². The highest BCUT2D eigenvalue weighted by molar-refractivity contribution is 5.98. The second-order valence-electron chi connectivity index (χ2n) is 3.25. The number of nitrogens with zero attached hydrogens (tertiary/aromatic N) is 2. The third kappa shape index (κ3) is 0.786. The van der Waals surface area contributed by atoms with Crippen LogP contribution in [0.15, 0.2) is 24.3 Å². The number of ketones is 1. The number of carbonyl (C=O) groups is 1. The van der Waals surface area contributed by atoms with Crippen LogP contribution in [0.4, 0.5) is 0 Å². The topological polar surface area (TPSA) is 34.9 Å². The molecule has 0 N–H and O–H groups in total. The molecule has 3 heteroatoms. The number of Topliss-reactive ketones (excluding diaryl/α,β-unsaturated/α-hetero) is 1. The lowest BCUT2D eigenvalue weighted by Crippen LogP contribution is -1.94. The largest absolute Gasteiger partial charge is 0.321 e. The second-order valence-corrected chi connectivity index (χ2v) is 3.25. The summed E-state index contributed by atoms with van der Waals surface area (Å²) in [4.78, 5) is 15.6. The number of hydrogen-bond donors (Lipinski definition) is 0. The van der Waals surface area contributed by atoms with Crippen LogP contribution in [0, 0.1) is 0 Å². The van der Waals surface area contributed by atoms with Gasteiger partial charge in [0.25, 0.3) is 0 Å². The number of para-hydroxylation sites is 2. The van der Waals surface area contributed by atoms with Crippen molar-refractivity contribution in [3.8, 4) is 0 Å². The highest BCUT2D eigenvalue weighted by atomic mass is 16.1. The predicted octanol–water partition coefficient (Wildman–Crippen LogP) is 1.62. The van der Waals surface area contributed by atoms with Crippen molar-refractivity contribution in [1.29, 1.82) is 0 Å². The van der Waals surface area contributed by atoms with Crippen molar-refractivity contribution in [3.05, 3.63) is 30.1 Å². The van der Waals surface area contributed by atoms with Crippen LogP contribution in [0.1, 0.15) is 17.0 Å². The Hall–Kier alpha value is -1.64. The van der Waals surface area contributed by atoms with Gasteiger partial charge in [-0.2, -0.15) is 0 Å². The van der Waals surface area contributed by atoms with E-state index in [1.807, 2.05) is 28.8 Å². The summed E-state index contributed by atoms with van der Waals surface area (Å²) in [7, 11) is 0. The van der Waals surface area contributed by atoms with Crippen LogP contribution in [0.25, 0.3) is 11.0 Å². The van der Waals surface area contributed by atoms with Gasteiger partial charge in [0, 0.05) is 13.0 Å². The van der Waals surface area contributed by atoms with Crippen LogP contribution in [-0.2, 0) is 6.54 Å². The SMILES string of the molecule is O=C1CCn2c1nc1ccccc12. The number of hydrogen-bond acceptors (Lipinski definition) is 2. The molecule has 64 valence electrons. The molecule has 0 atom stereocenters. The van der Waals surface area contributed by atoms with E-state index in [-0.39, 0.29) is 5.78 Å². The summed E-state index contributed by atoms with van der Waals surface area (Å²) < 4.78 is 2.00. The summed E-state index contributed by atoms with van der Waals surface area (Å²) in [5.74, 6) is 0.789. The first kappa shape index (κ1) is 6.83.